The van der Waals surface area contributed by atoms with Gasteiger partial charge in [-0.25, -0.2) is 0 Å². The van der Waals surface area contributed by atoms with E-state index in [0.29, 0.717) is 5.56 Å². The van der Waals surface area contributed by atoms with E-state index in [1.54, 1.807) is 0 Å². The van der Waals surface area contributed by atoms with E-state index in [1.807, 2.05) is 0 Å². The van der Waals surface area contributed by atoms with Crippen LogP contribution in [0.25, 0.3) is 0 Å². The summed E-state index contributed by atoms with van der Waals surface area (Å²) >= 11 is 0. The maximum absolute atomic E-state index is 12.6. The largest absolute Gasteiger partial charge is 0.507 e. The van der Waals surface area contributed by atoms with E-state index in [2.05, 4.69) is 0 Å². The standard InChI is InChI=1S/C21H22O11/c22-7-16-18(27)19(28)20(21(29)32-16)30-9-4-12(25)17-13(26)6-14(31-15(17)5-9)8-1-2-10(23)11(24)3-8/h1-5,14,16,18-25,27-29H,6-7H2/t14-,16+,18+,19-,20+,21+/m0/s1. The Balaban J connectivity index is 1.60. The van der Waals surface area contributed by atoms with Gasteiger partial charge >= 0.3 is 0 Å². The van der Waals surface area contributed by atoms with Crippen molar-refractivity contribution in [3.63, 3.8) is 0 Å². The monoisotopic (exact) mass is 450 g/mol. The molecule has 0 radical (unpaired) electrons. The number of fused-ring (bicyclic) bond motifs is 1. The number of carbonyl (C=O) groups is 1. The highest BCUT2D eigenvalue weighted by molar-refractivity contribution is 6.02. The molecule has 2 aliphatic heterocycles. The Morgan fingerprint density at radius 1 is 0.969 bits per heavy atom. The molecule has 4 rings (SSSR count). The van der Waals surface area contributed by atoms with Crippen molar-refractivity contribution in [2.24, 2.45) is 0 Å². The molecule has 0 spiro atoms. The smallest absolute Gasteiger partial charge is 0.195 e. The summed E-state index contributed by atoms with van der Waals surface area (Å²) in [5.41, 5.74) is 0.327. The van der Waals surface area contributed by atoms with Crippen molar-refractivity contribution < 1.29 is 54.8 Å². The van der Waals surface area contributed by atoms with E-state index in [1.165, 1.54) is 24.3 Å². The summed E-state index contributed by atoms with van der Waals surface area (Å²) in [5.74, 6) is -1.74. The SMILES string of the molecule is O=C1C[C@@H](c2ccc(O)c(O)c2)Oc2cc(O[C@@H]3[C@@H](O)[C@H](O)[C@@H](CO)O[C@H]3O)cc(O)c21. The predicted molar refractivity (Wildman–Crippen MR) is 105 cm³/mol. The molecule has 1 fully saturated rings. The maximum Gasteiger partial charge on any atom is 0.195 e. The highest BCUT2D eigenvalue weighted by Gasteiger charge is 2.45. The van der Waals surface area contributed by atoms with Crippen molar-refractivity contribution in [2.75, 3.05) is 6.61 Å². The Morgan fingerprint density at radius 2 is 1.72 bits per heavy atom. The van der Waals surface area contributed by atoms with E-state index in [-0.39, 0.29) is 35.0 Å². The Bertz CT molecular complexity index is 1020. The zero-order valence-electron chi connectivity index (χ0n) is 16.5. The van der Waals surface area contributed by atoms with Crippen LogP contribution < -0.4 is 9.47 Å². The molecule has 172 valence electrons. The molecule has 2 aliphatic rings. The maximum atomic E-state index is 12.6. The molecule has 0 bridgehead atoms. The van der Waals surface area contributed by atoms with E-state index in [9.17, 15) is 35.4 Å². The van der Waals surface area contributed by atoms with Gasteiger partial charge in [-0.15, -0.1) is 0 Å². The number of phenols is 3. The van der Waals surface area contributed by atoms with Crippen LogP contribution in [0.2, 0.25) is 0 Å². The van der Waals surface area contributed by atoms with Crippen LogP contribution in [0.5, 0.6) is 28.7 Å². The average Bonchev–Trinajstić information content (AvgIpc) is 2.75. The molecule has 0 unspecified atom stereocenters. The third-order valence-corrected chi connectivity index (χ3v) is 5.46. The molecule has 11 nitrogen and oxygen atoms in total. The van der Waals surface area contributed by atoms with Crippen molar-refractivity contribution in [1.29, 1.82) is 0 Å². The van der Waals surface area contributed by atoms with E-state index in [0.717, 1.165) is 6.07 Å². The van der Waals surface area contributed by atoms with Crippen molar-refractivity contribution in [2.45, 2.75) is 43.2 Å². The lowest BCUT2D eigenvalue weighted by atomic mass is 9.95. The lowest BCUT2D eigenvalue weighted by Crippen LogP contribution is -2.60. The van der Waals surface area contributed by atoms with E-state index < -0.39 is 54.9 Å². The number of hydrogen-bond donors (Lipinski definition) is 7. The van der Waals surface area contributed by atoms with Crippen LogP contribution in [0.1, 0.15) is 28.4 Å². The predicted octanol–water partition coefficient (Wildman–Crippen LogP) is -0.311. The fraction of sp³-hybridized carbons (Fsp3) is 0.381. The molecule has 6 atom stereocenters. The Hall–Kier alpha value is -3.09. The highest BCUT2D eigenvalue weighted by Crippen LogP contribution is 2.43. The number of rotatable bonds is 4. The lowest BCUT2D eigenvalue weighted by Gasteiger charge is -2.39. The molecule has 0 aliphatic carbocycles. The van der Waals surface area contributed by atoms with Gasteiger partial charge in [0, 0.05) is 12.1 Å². The summed E-state index contributed by atoms with van der Waals surface area (Å²) in [6.45, 7) is -0.633. The molecule has 0 amide bonds. The number of Topliss-reactive ketones (excluding diaryl/α,β-unsaturated/α-hetero) is 1. The number of ether oxygens (including phenoxy) is 3. The van der Waals surface area contributed by atoms with Crippen LogP contribution in [-0.2, 0) is 4.74 Å². The Morgan fingerprint density at radius 3 is 2.41 bits per heavy atom. The summed E-state index contributed by atoms with van der Waals surface area (Å²) in [7, 11) is 0. The first-order chi connectivity index (χ1) is 15.2. The van der Waals surface area contributed by atoms with Crippen LogP contribution in [0, 0.1) is 0 Å². The molecular formula is C21H22O11. The second-order valence-electron chi connectivity index (χ2n) is 7.61. The van der Waals surface area contributed by atoms with Gasteiger partial charge in [0.1, 0.15) is 47.2 Å². The quantitative estimate of drug-likeness (QED) is 0.303. The van der Waals surface area contributed by atoms with Crippen molar-refractivity contribution in [3.8, 4) is 28.7 Å². The van der Waals surface area contributed by atoms with Crippen LogP contribution >= 0.6 is 0 Å². The van der Waals surface area contributed by atoms with E-state index >= 15 is 0 Å². The number of carbonyl (C=O) groups excluding carboxylic acids is 1. The Kier molecular flexibility index (Phi) is 5.84. The molecule has 0 saturated carbocycles. The average molecular weight is 450 g/mol. The lowest BCUT2D eigenvalue weighted by molar-refractivity contribution is -0.280. The van der Waals surface area contributed by atoms with E-state index in [4.69, 9.17) is 19.3 Å². The van der Waals surface area contributed by atoms with Crippen LogP contribution in [0.3, 0.4) is 0 Å². The number of benzene rings is 2. The summed E-state index contributed by atoms with van der Waals surface area (Å²) in [5, 5.41) is 69.0. The summed E-state index contributed by atoms with van der Waals surface area (Å²) < 4.78 is 16.4. The molecule has 7 N–H and O–H groups in total. The highest BCUT2D eigenvalue weighted by atomic mass is 16.7. The van der Waals surface area contributed by atoms with Gasteiger partial charge in [0.05, 0.1) is 13.0 Å². The molecule has 11 heteroatoms. The van der Waals surface area contributed by atoms with Gasteiger partial charge in [0.2, 0.25) is 0 Å². The molecular weight excluding hydrogens is 428 g/mol. The first kappa shape index (κ1) is 22.1. The fourth-order valence-electron chi connectivity index (χ4n) is 3.77. The second-order valence-corrected chi connectivity index (χ2v) is 7.61. The molecule has 2 aromatic carbocycles. The van der Waals surface area contributed by atoms with Crippen LogP contribution in [0.15, 0.2) is 30.3 Å². The van der Waals surface area contributed by atoms with Gasteiger partial charge in [-0.2, -0.15) is 0 Å². The molecule has 32 heavy (non-hydrogen) atoms. The molecule has 2 heterocycles. The van der Waals surface area contributed by atoms with Gasteiger partial charge in [-0.3, -0.25) is 4.79 Å². The first-order valence-electron chi connectivity index (χ1n) is 9.75. The minimum absolute atomic E-state index is 0.0386. The number of phenolic OH excluding ortho intramolecular Hbond substituents is 3. The molecule has 2 aromatic rings. The van der Waals surface area contributed by atoms with Crippen molar-refractivity contribution in [1.82, 2.24) is 0 Å². The number of aliphatic hydroxyl groups excluding tert-OH is 4. The van der Waals surface area contributed by atoms with Gasteiger partial charge in [0.15, 0.2) is 29.7 Å². The second kappa shape index (κ2) is 8.45. The number of ketones is 1. The van der Waals surface area contributed by atoms with Gasteiger partial charge in [0.25, 0.3) is 0 Å². The van der Waals surface area contributed by atoms with Crippen LogP contribution in [-0.4, -0.2) is 78.8 Å². The normalized spacial score (nSPS) is 29.8. The molecule has 0 aromatic heterocycles. The summed E-state index contributed by atoms with van der Waals surface area (Å²) in [6, 6.07) is 6.34. The number of aliphatic hydroxyl groups is 4. The van der Waals surface area contributed by atoms with Gasteiger partial charge in [-0.1, -0.05) is 6.07 Å². The van der Waals surface area contributed by atoms with Crippen molar-refractivity contribution in [3.05, 3.63) is 41.5 Å². The number of hydrogen-bond acceptors (Lipinski definition) is 11. The minimum Gasteiger partial charge on any atom is -0.507 e. The third kappa shape index (κ3) is 3.92. The fourth-order valence-corrected chi connectivity index (χ4v) is 3.77. The Labute approximate surface area is 181 Å². The van der Waals surface area contributed by atoms with Crippen LogP contribution in [0.4, 0.5) is 0 Å². The minimum atomic E-state index is -1.70. The first-order valence-corrected chi connectivity index (χ1v) is 9.75. The topological polar surface area (TPSA) is 186 Å². The van der Waals surface area contributed by atoms with Gasteiger partial charge in [-0.05, 0) is 17.7 Å². The summed E-state index contributed by atoms with van der Waals surface area (Å²) in [4.78, 5) is 12.6. The number of aromatic hydroxyl groups is 3. The zero-order valence-corrected chi connectivity index (χ0v) is 16.5. The third-order valence-electron chi connectivity index (χ3n) is 5.46. The van der Waals surface area contributed by atoms with Gasteiger partial charge < -0.3 is 50.0 Å². The summed E-state index contributed by atoms with van der Waals surface area (Å²) in [6.07, 6.45) is -8.48. The molecule has 1 saturated heterocycles. The van der Waals surface area contributed by atoms with Crippen molar-refractivity contribution >= 4 is 5.78 Å². The zero-order chi connectivity index (χ0) is 23.2.